The highest BCUT2D eigenvalue weighted by molar-refractivity contribution is 5.76. The number of benzene rings is 2. The SMILES string of the molecule is CN(C)Cc1nc2ccccc2n1Cc1ccc(C(C)(C)C)cc1. The Hall–Kier alpha value is -2.13. The molecule has 2 aromatic carbocycles. The number of hydrogen-bond donors (Lipinski definition) is 0. The van der Waals surface area contributed by atoms with E-state index >= 15 is 0 Å². The summed E-state index contributed by atoms with van der Waals surface area (Å²) in [5.74, 6) is 1.11. The first kappa shape index (κ1) is 16.7. The Morgan fingerprint density at radius 3 is 2.25 bits per heavy atom. The van der Waals surface area contributed by atoms with E-state index in [1.807, 2.05) is 0 Å². The van der Waals surface area contributed by atoms with Crippen molar-refractivity contribution in [2.45, 2.75) is 39.3 Å². The molecule has 0 fully saturated rings. The normalized spacial score (nSPS) is 12.2. The van der Waals surface area contributed by atoms with Gasteiger partial charge in [-0.3, -0.25) is 0 Å². The number of rotatable bonds is 4. The van der Waals surface area contributed by atoms with Gasteiger partial charge in [-0.1, -0.05) is 57.2 Å². The molecule has 0 N–H and O–H groups in total. The third-order valence-corrected chi connectivity index (χ3v) is 4.35. The highest BCUT2D eigenvalue weighted by atomic mass is 15.2. The van der Waals surface area contributed by atoms with E-state index in [1.54, 1.807) is 0 Å². The third kappa shape index (κ3) is 3.51. The highest BCUT2D eigenvalue weighted by Crippen LogP contribution is 2.23. The molecule has 0 amide bonds. The van der Waals surface area contributed by atoms with Crippen LogP contribution in [0.1, 0.15) is 37.7 Å². The molecule has 0 atom stereocenters. The highest BCUT2D eigenvalue weighted by Gasteiger charge is 2.14. The fraction of sp³-hybridized carbons (Fsp3) is 0.381. The van der Waals surface area contributed by atoms with Gasteiger partial charge in [0.25, 0.3) is 0 Å². The molecule has 3 rings (SSSR count). The van der Waals surface area contributed by atoms with E-state index in [9.17, 15) is 0 Å². The molecule has 0 unspecified atom stereocenters. The smallest absolute Gasteiger partial charge is 0.124 e. The minimum Gasteiger partial charge on any atom is -0.322 e. The molecule has 0 spiro atoms. The summed E-state index contributed by atoms with van der Waals surface area (Å²) >= 11 is 0. The zero-order valence-corrected chi connectivity index (χ0v) is 15.4. The second-order valence-electron chi connectivity index (χ2n) is 7.79. The molecule has 126 valence electrons. The summed E-state index contributed by atoms with van der Waals surface area (Å²) in [6, 6.07) is 17.4. The predicted molar refractivity (Wildman–Crippen MR) is 101 cm³/mol. The van der Waals surface area contributed by atoms with Crippen molar-refractivity contribution in [1.29, 1.82) is 0 Å². The number of nitrogens with zero attached hydrogens (tertiary/aromatic N) is 3. The van der Waals surface area contributed by atoms with Crippen LogP contribution in [0.15, 0.2) is 48.5 Å². The van der Waals surface area contributed by atoms with Crippen LogP contribution in [0, 0.1) is 0 Å². The summed E-state index contributed by atoms with van der Waals surface area (Å²) in [5, 5.41) is 0. The van der Waals surface area contributed by atoms with Gasteiger partial charge < -0.3 is 9.47 Å². The maximum atomic E-state index is 4.83. The van der Waals surface area contributed by atoms with Crippen LogP contribution >= 0.6 is 0 Å². The van der Waals surface area contributed by atoms with Gasteiger partial charge in [-0.15, -0.1) is 0 Å². The van der Waals surface area contributed by atoms with Crippen molar-refractivity contribution in [2.24, 2.45) is 0 Å². The van der Waals surface area contributed by atoms with Crippen molar-refractivity contribution in [1.82, 2.24) is 14.5 Å². The van der Waals surface area contributed by atoms with Crippen LogP contribution in [0.2, 0.25) is 0 Å². The van der Waals surface area contributed by atoms with Crippen LogP contribution in [0.5, 0.6) is 0 Å². The van der Waals surface area contributed by atoms with Gasteiger partial charge in [0, 0.05) is 6.54 Å². The average molecular weight is 321 g/mol. The minimum atomic E-state index is 0.191. The molecule has 3 nitrogen and oxygen atoms in total. The Morgan fingerprint density at radius 2 is 1.62 bits per heavy atom. The predicted octanol–water partition coefficient (Wildman–Crippen LogP) is 4.44. The quantitative estimate of drug-likeness (QED) is 0.708. The van der Waals surface area contributed by atoms with Gasteiger partial charge in [-0.05, 0) is 42.8 Å². The number of fused-ring (bicyclic) bond motifs is 1. The topological polar surface area (TPSA) is 21.1 Å². The van der Waals surface area contributed by atoms with Crippen LogP contribution < -0.4 is 0 Å². The average Bonchev–Trinajstić information content (AvgIpc) is 2.84. The Labute approximate surface area is 144 Å². The molecule has 0 aliphatic heterocycles. The number of hydrogen-bond acceptors (Lipinski definition) is 2. The van der Waals surface area contributed by atoms with Crippen LogP contribution in [0.3, 0.4) is 0 Å². The Balaban J connectivity index is 1.96. The summed E-state index contributed by atoms with van der Waals surface area (Å²) in [7, 11) is 4.17. The maximum Gasteiger partial charge on any atom is 0.124 e. The van der Waals surface area contributed by atoms with E-state index in [0.29, 0.717) is 0 Å². The third-order valence-electron chi connectivity index (χ3n) is 4.35. The van der Waals surface area contributed by atoms with Crippen molar-refractivity contribution >= 4 is 11.0 Å². The number of para-hydroxylation sites is 2. The van der Waals surface area contributed by atoms with Crippen molar-refractivity contribution in [3.8, 4) is 0 Å². The summed E-state index contributed by atoms with van der Waals surface area (Å²) in [6.07, 6.45) is 0. The van der Waals surface area contributed by atoms with Crippen LogP contribution in [-0.2, 0) is 18.5 Å². The lowest BCUT2D eigenvalue weighted by Gasteiger charge is -2.19. The molecule has 0 aliphatic rings. The van der Waals surface area contributed by atoms with Crippen molar-refractivity contribution in [3.63, 3.8) is 0 Å². The molecular formula is C21H27N3. The van der Waals surface area contributed by atoms with Gasteiger partial charge in [-0.2, -0.15) is 0 Å². The Kier molecular flexibility index (Phi) is 4.46. The summed E-state index contributed by atoms with van der Waals surface area (Å²) in [6.45, 7) is 8.45. The van der Waals surface area contributed by atoms with Crippen LogP contribution in [0.25, 0.3) is 11.0 Å². The second kappa shape index (κ2) is 6.40. The van der Waals surface area contributed by atoms with Crippen LogP contribution in [0.4, 0.5) is 0 Å². The lowest BCUT2D eigenvalue weighted by Crippen LogP contribution is -2.16. The molecule has 0 bridgehead atoms. The van der Waals surface area contributed by atoms with Crippen molar-refractivity contribution in [3.05, 3.63) is 65.5 Å². The van der Waals surface area contributed by atoms with Gasteiger partial charge in [0.1, 0.15) is 5.82 Å². The van der Waals surface area contributed by atoms with Gasteiger partial charge in [0.2, 0.25) is 0 Å². The van der Waals surface area contributed by atoms with E-state index < -0.39 is 0 Å². The summed E-state index contributed by atoms with van der Waals surface area (Å²) in [4.78, 5) is 6.99. The lowest BCUT2D eigenvalue weighted by atomic mass is 9.87. The summed E-state index contributed by atoms with van der Waals surface area (Å²) < 4.78 is 2.33. The van der Waals surface area contributed by atoms with Gasteiger partial charge in [0.15, 0.2) is 0 Å². The fourth-order valence-corrected chi connectivity index (χ4v) is 3.00. The lowest BCUT2D eigenvalue weighted by molar-refractivity contribution is 0.384. The first-order valence-corrected chi connectivity index (χ1v) is 8.53. The van der Waals surface area contributed by atoms with E-state index in [2.05, 4.69) is 92.9 Å². The van der Waals surface area contributed by atoms with Crippen LogP contribution in [-0.4, -0.2) is 28.5 Å². The number of aromatic nitrogens is 2. The molecule has 1 heterocycles. The molecule has 0 aliphatic carbocycles. The van der Waals surface area contributed by atoms with Crippen molar-refractivity contribution < 1.29 is 0 Å². The molecular weight excluding hydrogens is 294 g/mol. The maximum absolute atomic E-state index is 4.83. The second-order valence-corrected chi connectivity index (χ2v) is 7.79. The first-order valence-electron chi connectivity index (χ1n) is 8.53. The molecule has 0 saturated carbocycles. The molecule has 1 aromatic heterocycles. The molecule has 0 saturated heterocycles. The van der Waals surface area contributed by atoms with Crippen molar-refractivity contribution in [2.75, 3.05) is 14.1 Å². The monoisotopic (exact) mass is 321 g/mol. The zero-order valence-electron chi connectivity index (χ0n) is 15.4. The summed E-state index contributed by atoms with van der Waals surface area (Å²) in [5.41, 5.74) is 5.15. The molecule has 3 heteroatoms. The standard InChI is InChI=1S/C21H27N3/c1-21(2,3)17-12-10-16(11-13-17)14-24-19-9-7-6-8-18(19)22-20(24)15-23(4)5/h6-13H,14-15H2,1-5H3. The van der Waals surface area contributed by atoms with E-state index in [1.165, 1.54) is 16.6 Å². The minimum absolute atomic E-state index is 0.191. The zero-order chi connectivity index (χ0) is 17.3. The van der Waals surface area contributed by atoms with E-state index in [-0.39, 0.29) is 5.41 Å². The Morgan fingerprint density at radius 1 is 0.958 bits per heavy atom. The first-order chi connectivity index (χ1) is 11.3. The molecule has 0 radical (unpaired) electrons. The largest absolute Gasteiger partial charge is 0.322 e. The van der Waals surface area contributed by atoms with E-state index in [0.717, 1.165) is 24.4 Å². The number of imidazole rings is 1. The van der Waals surface area contributed by atoms with Gasteiger partial charge in [0.05, 0.1) is 17.6 Å². The fourth-order valence-electron chi connectivity index (χ4n) is 3.00. The van der Waals surface area contributed by atoms with Gasteiger partial charge in [-0.25, -0.2) is 4.98 Å². The Bertz CT molecular complexity index is 820. The molecule has 3 aromatic rings. The van der Waals surface area contributed by atoms with E-state index in [4.69, 9.17) is 4.98 Å². The van der Waals surface area contributed by atoms with Gasteiger partial charge >= 0.3 is 0 Å². The molecule has 24 heavy (non-hydrogen) atoms.